The van der Waals surface area contributed by atoms with Crippen molar-refractivity contribution in [3.8, 4) is 0 Å². The molecule has 1 aromatic rings. The minimum atomic E-state index is -0.833. The molecule has 1 rings (SSSR count). The maximum Gasteiger partial charge on any atom is 0.396 e. The van der Waals surface area contributed by atoms with Gasteiger partial charge in [-0.15, -0.1) is 0 Å². The lowest BCUT2D eigenvalue weighted by Crippen LogP contribution is -2.33. The van der Waals surface area contributed by atoms with Crippen LogP contribution < -0.4 is 0 Å². The summed E-state index contributed by atoms with van der Waals surface area (Å²) in [7, 11) is 2.81. The minimum Gasteiger partial charge on any atom is -0.462 e. The van der Waals surface area contributed by atoms with Crippen molar-refractivity contribution in [2.75, 3.05) is 14.2 Å². The maximum atomic E-state index is 11.7. The molecular weight excluding hydrogens is 242 g/mol. The number of rotatable bonds is 3. The standard InChI is InChI=1S/C15H21NO3/c1-10(2)12-7-6-11(3)13(8-12)9-16(4)14(17)15(18)19-5/h6-8,10H,9H2,1-5H3. The molecule has 0 heterocycles. The van der Waals surface area contributed by atoms with Gasteiger partial charge in [0, 0.05) is 13.6 Å². The number of likely N-dealkylation sites (N-methyl/N-ethyl adjacent to an activating group) is 1. The molecular formula is C15H21NO3. The van der Waals surface area contributed by atoms with Gasteiger partial charge in [-0.3, -0.25) is 4.79 Å². The average molecular weight is 263 g/mol. The first-order valence-corrected chi connectivity index (χ1v) is 6.29. The summed E-state index contributed by atoms with van der Waals surface area (Å²) in [6.45, 7) is 6.64. The Morgan fingerprint density at radius 3 is 2.47 bits per heavy atom. The van der Waals surface area contributed by atoms with Crippen LogP contribution >= 0.6 is 0 Å². The van der Waals surface area contributed by atoms with Gasteiger partial charge in [0.05, 0.1) is 7.11 Å². The van der Waals surface area contributed by atoms with E-state index in [9.17, 15) is 9.59 Å². The molecule has 0 N–H and O–H groups in total. The Hall–Kier alpha value is -1.84. The molecule has 4 nitrogen and oxygen atoms in total. The number of nitrogens with zero attached hydrogens (tertiary/aromatic N) is 1. The summed E-state index contributed by atoms with van der Waals surface area (Å²) >= 11 is 0. The number of hydrogen-bond acceptors (Lipinski definition) is 3. The Morgan fingerprint density at radius 2 is 1.95 bits per heavy atom. The lowest BCUT2D eigenvalue weighted by Gasteiger charge is -2.18. The van der Waals surface area contributed by atoms with Crippen LogP contribution in [-0.4, -0.2) is 30.9 Å². The highest BCUT2D eigenvalue weighted by molar-refractivity contribution is 6.32. The third kappa shape index (κ3) is 3.81. The molecule has 4 heteroatoms. The molecule has 0 aromatic heterocycles. The highest BCUT2D eigenvalue weighted by Crippen LogP contribution is 2.19. The lowest BCUT2D eigenvalue weighted by atomic mass is 9.97. The molecule has 19 heavy (non-hydrogen) atoms. The quantitative estimate of drug-likeness (QED) is 0.620. The summed E-state index contributed by atoms with van der Waals surface area (Å²) in [4.78, 5) is 24.2. The second kappa shape index (κ2) is 6.36. The molecule has 0 fully saturated rings. The molecule has 0 aliphatic heterocycles. The Labute approximate surface area is 114 Å². The zero-order chi connectivity index (χ0) is 14.6. The van der Waals surface area contributed by atoms with Gasteiger partial charge in [0.15, 0.2) is 0 Å². The highest BCUT2D eigenvalue weighted by Gasteiger charge is 2.19. The first-order valence-electron chi connectivity index (χ1n) is 6.29. The van der Waals surface area contributed by atoms with Gasteiger partial charge in [-0.1, -0.05) is 32.0 Å². The van der Waals surface area contributed by atoms with E-state index in [2.05, 4.69) is 30.7 Å². The Morgan fingerprint density at radius 1 is 1.32 bits per heavy atom. The molecule has 0 unspecified atom stereocenters. The molecule has 0 atom stereocenters. The van der Waals surface area contributed by atoms with Crippen molar-refractivity contribution in [3.63, 3.8) is 0 Å². The van der Waals surface area contributed by atoms with Crippen molar-refractivity contribution in [1.82, 2.24) is 4.90 Å². The van der Waals surface area contributed by atoms with E-state index < -0.39 is 11.9 Å². The van der Waals surface area contributed by atoms with Gasteiger partial charge in [-0.05, 0) is 29.5 Å². The maximum absolute atomic E-state index is 11.7. The molecule has 104 valence electrons. The fraction of sp³-hybridized carbons (Fsp3) is 0.467. The highest BCUT2D eigenvalue weighted by atomic mass is 16.5. The Kier molecular flexibility index (Phi) is 5.10. The van der Waals surface area contributed by atoms with Gasteiger partial charge in [0.2, 0.25) is 0 Å². The number of benzene rings is 1. The summed E-state index contributed by atoms with van der Waals surface area (Å²) in [6.07, 6.45) is 0. The van der Waals surface area contributed by atoms with Crippen molar-refractivity contribution in [2.45, 2.75) is 33.2 Å². The average Bonchev–Trinajstić information content (AvgIpc) is 2.38. The van der Waals surface area contributed by atoms with E-state index in [4.69, 9.17) is 0 Å². The predicted octanol–water partition coefficient (Wildman–Crippen LogP) is 2.25. The Balaban J connectivity index is 2.90. The van der Waals surface area contributed by atoms with Crippen LogP contribution in [0.3, 0.4) is 0 Å². The fourth-order valence-electron chi connectivity index (χ4n) is 1.79. The van der Waals surface area contributed by atoms with E-state index in [0.29, 0.717) is 12.5 Å². The largest absolute Gasteiger partial charge is 0.462 e. The van der Waals surface area contributed by atoms with Crippen LogP contribution in [0.4, 0.5) is 0 Å². The SMILES string of the molecule is COC(=O)C(=O)N(C)Cc1cc(C(C)C)ccc1C. The first-order chi connectivity index (χ1) is 8.86. The molecule has 0 bridgehead atoms. The van der Waals surface area contributed by atoms with Crippen molar-refractivity contribution >= 4 is 11.9 Å². The van der Waals surface area contributed by atoms with Gasteiger partial charge in [0.1, 0.15) is 0 Å². The fourth-order valence-corrected chi connectivity index (χ4v) is 1.79. The number of aryl methyl sites for hydroxylation is 1. The van der Waals surface area contributed by atoms with Gasteiger partial charge in [-0.25, -0.2) is 4.79 Å². The van der Waals surface area contributed by atoms with Gasteiger partial charge < -0.3 is 9.64 Å². The van der Waals surface area contributed by atoms with Gasteiger partial charge in [-0.2, -0.15) is 0 Å². The number of esters is 1. The van der Waals surface area contributed by atoms with Crippen molar-refractivity contribution in [3.05, 3.63) is 34.9 Å². The minimum absolute atomic E-state index is 0.403. The van der Waals surface area contributed by atoms with Crippen LogP contribution in [0.25, 0.3) is 0 Å². The summed E-state index contributed by atoms with van der Waals surface area (Å²) in [5.41, 5.74) is 3.37. The normalized spacial score (nSPS) is 10.4. The zero-order valence-corrected chi connectivity index (χ0v) is 12.2. The summed E-state index contributed by atoms with van der Waals surface area (Å²) in [5, 5.41) is 0. The second-order valence-corrected chi connectivity index (χ2v) is 4.99. The number of amides is 1. The number of methoxy groups -OCH3 is 1. The van der Waals surface area contributed by atoms with E-state index in [1.807, 2.05) is 13.0 Å². The van der Waals surface area contributed by atoms with Crippen LogP contribution in [-0.2, 0) is 20.9 Å². The molecule has 0 saturated heterocycles. The molecule has 0 saturated carbocycles. The van der Waals surface area contributed by atoms with Crippen molar-refractivity contribution in [2.24, 2.45) is 0 Å². The van der Waals surface area contributed by atoms with E-state index in [1.165, 1.54) is 17.6 Å². The third-order valence-corrected chi connectivity index (χ3v) is 3.15. The zero-order valence-electron chi connectivity index (χ0n) is 12.2. The third-order valence-electron chi connectivity index (χ3n) is 3.15. The van der Waals surface area contributed by atoms with E-state index in [0.717, 1.165) is 11.1 Å². The van der Waals surface area contributed by atoms with Crippen LogP contribution in [0.2, 0.25) is 0 Å². The number of ether oxygens (including phenoxy) is 1. The number of hydrogen-bond donors (Lipinski definition) is 0. The second-order valence-electron chi connectivity index (χ2n) is 4.99. The predicted molar refractivity (Wildman–Crippen MR) is 73.8 cm³/mol. The Bertz CT molecular complexity index is 480. The number of carbonyl (C=O) groups is 2. The van der Waals surface area contributed by atoms with Crippen LogP contribution in [0.15, 0.2) is 18.2 Å². The van der Waals surface area contributed by atoms with Crippen LogP contribution in [0.1, 0.15) is 36.5 Å². The lowest BCUT2D eigenvalue weighted by molar-refractivity contribution is -0.157. The smallest absolute Gasteiger partial charge is 0.396 e. The van der Waals surface area contributed by atoms with E-state index in [1.54, 1.807) is 7.05 Å². The first kappa shape index (κ1) is 15.2. The molecule has 0 aliphatic carbocycles. The van der Waals surface area contributed by atoms with Gasteiger partial charge >= 0.3 is 11.9 Å². The molecule has 0 radical (unpaired) electrons. The monoisotopic (exact) mass is 263 g/mol. The van der Waals surface area contributed by atoms with Gasteiger partial charge in [0.25, 0.3) is 0 Å². The van der Waals surface area contributed by atoms with E-state index >= 15 is 0 Å². The van der Waals surface area contributed by atoms with Crippen LogP contribution in [0, 0.1) is 6.92 Å². The summed E-state index contributed by atoms with van der Waals surface area (Å²) < 4.78 is 4.43. The molecule has 1 amide bonds. The summed E-state index contributed by atoms with van der Waals surface area (Å²) in [5.74, 6) is -1.03. The molecule has 0 spiro atoms. The van der Waals surface area contributed by atoms with Crippen LogP contribution in [0.5, 0.6) is 0 Å². The van der Waals surface area contributed by atoms with E-state index in [-0.39, 0.29) is 0 Å². The van der Waals surface area contributed by atoms with Crippen molar-refractivity contribution in [1.29, 1.82) is 0 Å². The molecule has 1 aromatic carbocycles. The molecule has 0 aliphatic rings. The topological polar surface area (TPSA) is 46.6 Å². The summed E-state index contributed by atoms with van der Waals surface area (Å²) in [6, 6.07) is 6.22. The number of carbonyl (C=O) groups excluding carboxylic acids is 2. The van der Waals surface area contributed by atoms with Crippen molar-refractivity contribution < 1.29 is 14.3 Å².